The molecule has 1 rings (SSSR count). The molecule has 0 amide bonds. The molecule has 0 N–H and O–H groups in total. The largest absolute Gasteiger partial charge is 0.198 e. The second-order valence-corrected chi connectivity index (χ2v) is 3.71. The van der Waals surface area contributed by atoms with E-state index < -0.39 is 23.7 Å². The lowest BCUT2D eigenvalue weighted by atomic mass is 9.79. The lowest BCUT2D eigenvalue weighted by molar-refractivity contribution is 0.361. The van der Waals surface area contributed by atoms with Crippen molar-refractivity contribution in [3.63, 3.8) is 0 Å². The fourth-order valence-corrected chi connectivity index (χ4v) is 2.05. The Balaban J connectivity index is 3.02. The van der Waals surface area contributed by atoms with Crippen LogP contribution in [0.2, 0.25) is 0 Å². The average molecular weight is 198 g/mol. The van der Waals surface area contributed by atoms with Gasteiger partial charge in [0.25, 0.3) is 0 Å². The fourth-order valence-electron chi connectivity index (χ4n) is 2.05. The number of hydrogen-bond acceptors (Lipinski definition) is 4. The summed E-state index contributed by atoms with van der Waals surface area (Å²) in [5.74, 6) is -2.05. The van der Waals surface area contributed by atoms with E-state index in [1.807, 2.05) is 12.1 Å². The van der Waals surface area contributed by atoms with Crippen LogP contribution < -0.4 is 0 Å². The van der Waals surface area contributed by atoms with Crippen LogP contribution in [0.3, 0.4) is 0 Å². The first-order valence-electron chi connectivity index (χ1n) is 4.87. The molecule has 0 aromatic carbocycles. The third-order valence-corrected chi connectivity index (χ3v) is 2.91. The normalized spacial score (nSPS) is 34.9. The van der Waals surface area contributed by atoms with E-state index in [1.54, 1.807) is 0 Å². The average Bonchev–Trinajstić information content (AvgIpc) is 2.45. The molecule has 1 fully saturated rings. The monoisotopic (exact) mass is 198 g/mol. The van der Waals surface area contributed by atoms with Gasteiger partial charge in [-0.25, -0.2) is 0 Å². The first-order chi connectivity index (χ1) is 7.28. The van der Waals surface area contributed by atoms with Gasteiger partial charge in [0.2, 0.25) is 0 Å². The molecule has 4 nitrogen and oxygen atoms in total. The van der Waals surface area contributed by atoms with E-state index in [0.29, 0.717) is 12.8 Å². The summed E-state index contributed by atoms with van der Waals surface area (Å²) in [6.45, 7) is 0. The maximum Gasteiger partial charge on any atom is 0.0792 e. The Morgan fingerprint density at radius 1 is 0.667 bits per heavy atom. The third-order valence-electron chi connectivity index (χ3n) is 2.91. The van der Waals surface area contributed by atoms with Crippen molar-refractivity contribution in [1.29, 1.82) is 21.0 Å². The maximum atomic E-state index is 8.97. The SMILES string of the molecule is N#CC1CCCC(C#N)C(C#N)C1C#N. The zero-order chi connectivity index (χ0) is 11.3. The van der Waals surface area contributed by atoms with Crippen LogP contribution in [0.1, 0.15) is 19.3 Å². The van der Waals surface area contributed by atoms with Gasteiger partial charge in [-0.05, 0) is 12.8 Å². The van der Waals surface area contributed by atoms with Gasteiger partial charge in [0.05, 0.1) is 47.9 Å². The van der Waals surface area contributed by atoms with Gasteiger partial charge in [0.15, 0.2) is 0 Å². The first kappa shape index (κ1) is 11.0. The molecule has 0 bridgehead atoms. The van der Waals surface area contributed by atoms with Crippen LogP contribution in [0.4, 0.5) is 0 Å². The van der Waals surface area contributed by atoms with Crippen molar-refractivity contribution < 1.29 is 0 Å². The molecule has 74 valence electrons. The fraction of sp³-hybridized carbons (Fsp3) is 0.636. The second kappa shape index (κ2) is 4.99. The Hall–Kier alpha value is -2.04. The van der Waals surface area contributed by atoms with Gasteiger partial charge >= 0.3 is 0 Å². The van der Waals surface area contributed by atoms with Crippen molar-refractivity contribution >= 4 is 0 Å². The molecular weight excluding hydrogens is 188 g/mol. The van der Waals surface area contributed by atoms with Crippen LogP contribution in [0.5, 0.6) is 0 Å². The zero-order valence-corrected chi connectivity index (χ0v) is 8.22. The highest BCUT2D eigenvalue weighted by molar-refractivity contribution is 5.12. The standard InChI is InChI=1S/C11H10N4/c12-4-8-2-1-3-9(5-13)11(7-15)10(8)6-14/h8-11H,1-3H2. The van der Waals surface area contributed by atoms with Crippen molar-refractivity contribution in [3.05, 3.63) is 0 Å². The number of hydrogen-bond donors (Lipinski definition) is 0. The Morgan fingerprint density at radius 3 is 1.33 bits per heavy atom. The summed E-state index contributed by atoms with van der Waals surface area (Å²) in [6.07, 6.45) is 1.98. The predicted octanol–water partition coefficient (Wildman–Crippen LogP) is 1.73. The molecule has 0 heterocycles. The lowest BCUT2D eigenvalue weighted by Gasteiger charge is -2.18. The summed E-state index contributed by atoms with van der Waals surface area (Å²) < 4.78 is 0. The maximum absolute atomic E-state index is 8.97. The van der Waals surface area contributed by atoms with Crippen LogP contribution >= 0.6 is 0 Å². The van der Waals surface area contributed by atoms with Crippen molar-refractivity contribution in [2.45, 2.75) is 19.3 Å². The Bertz CT molecular complexity index is 349. The van der Waals surface area contributed by atoms with Gasteiger partial charge in [-0.3, -0.25) is 0 Å². The highest BCUT2D eigenvalue weighted by atomic mass is 14.5. The number of nitriles is 4. The molecule has 0 aromatic rings. The van der Waals surface area contributed by atoms with Crippen LogP contribution in [0.15, 0.2) is 0 Å². The van der Waals surface area contributed by atoms with Crippen molar-refractivity contribution in [1.82, 2.24) is 0 Å². The van der Waals surface area contributed by atoms with Gasteiger partial charge < -0.3 is 0 Å². The molecule has 4 atom stereocenters. The van der Waals surface area contributed by atoms with Gasteiger partial charge in [0.1, 0.15) is 0 Å². The van der Waals surface area contributed by atoms with E-state index in [9.17, 15) is 0 Å². The molecule has 0 aliphatic heterocycles. The molecule has 1 saturated carbocycles. The van der Waals surface area contributed by atoms with Gasteiger partial charge in [-0.2, -0.15) is 21.0 Å². The van der Waals surface area contributed by atoms with Gasteiger partial charge in [-0.15, -0.1) is 0 Å². The molecule has 0 saturated heterocycles. The molecule has 15 heavy (non-hydrogen) atoms. The van der Waals surface area contributed by atoms with Gasteiger partial charge in [0, 0.05) is 0 Å². The quantitative estimate of drug-likeness (QED) is 0.553. The topological polar surface area (TPSA) is 95.2 Å². The van der Waals surface area contributed by atoms with Gasteiger partial charge in [-0.1, -0.05) is 6.42 Å². The van der Waals surface area contributed by atoms with E-state index in [2.05, 4.69) is 12.1 Å². The van der Waals surface area contributed by atoms with Crippen LogP contribution in [0, 0.1) is 69.0 Å². The highest BCUT2D eigenvalue weighted by Crippen LogP contribution is 2.35. The Labute approximate surface area is 89.0 Å². The third kappa shape index (κ3) is 2.07. The van der Waals surface area contributed by atoms with Crippen molar-refractivity contribution in [2.75, 3.05) is 0 Å². The summed E-state index contributed by atoms with van der Waals surface area (Å²) >= 11 is 0. The molecule has 1 aliphatic rings. The zero-order valence-electron chi connectivity index (χ0n) is 8.22. The molecule has 0 radical (unpaired) electrons. The van der Waals surface area contributed by atoms with Crippen LogP contribution in [-0.4, -0.2) is 0 Å². The van der Waals surface area contributed by atoms with E-state index >= 15 is 0 Å². The van der Waals surface area contributed by atoms with E-state index in [1.165, 1.54) is 0 Å². The van der Waals surface area contributed by atoms with Crippen molar-refractivity contribution in [2.24, 2.45) is 23.7 Å². The lowest BCUT2D eigenvalue weighted by Crippen LogP contribution is -2.23. The minimum atomic E-state index is -0.618. The molecule has 0 aromatic heterocycles. The summed E-state index contributed by atoms with van der Waals surface area (Å²) in [7, 11) is 0. The van der Waals surface area contributed by atoms with E-state index in [4.69, 9.17) is 21.0 Å². The molecular formula is C11H10N4. The molecule has 4 unspecified atom stereocenters. The number of nitrogens with zero attached hydrogens (tertiary/aromatic N) is 4. The molecule has 1 aliphatic carbocycles. The summed E-state index contributed by atoms with van der Waals surface area (Å²) in [4.78, 5) is 0. The smallest absolute Gasteiger partial charge is 0.0792 e. The first-order valence-corrected chi connectivity index (χ1v) is 4.87. The molecule has 0 spiro atoms. The predicted molar refractivity (Wildman–Crippen MR) is 50.3 cm³/mol. The summed E-state index contributed by atoms with van der Waals surface area (Å²) in [6, 6.07) is 8.17. The number of rotatable bonds is 0. The summed E-state index contributed by atoms with van der Waals surface area (Å²) in [5, 5.41) is 35.7. The van der Waals surface area contributed by atoms with Crippen LogP contribution in [-0.2, 0) is 0 Å². The van der Waals surface area contributed by atoms with Crippen LogP contribution in [0.25, 0.3) is 0 Å². The second-order valence-electron chi connectivity index (χ2n) is 3.71. The highest BCUT2D eigenvalue weighted by Gasteiger charge is 2.37. The van der Waals surface area contributed by atoms with Crippen molar-refractivity contribution in [3.8, 4) is 24.3 Å². The van der Waals surface area contributed by atoms with E-state index in [-0.39, 0.29) is 0 Å². The minimum absolute atomic E-state index is 0.405. The Kier molecular flexibility index (Phi) is 3.68. The summed E-state index contributed by atoms with van der Waals surface area (Å²) in [5.41, 5.74) is 0. The molecule has 4 heteroatoms. The van der Waals surface area contributed by atoms with E-state index in [0.717, 1.165) is 6.42 Å². The minimum Gasteiger partial charge on any atom is -0.198 e. The Morgan fingerprint density at radius 2 is 1.07 bits per heavy atom.